The highest BCUT2D eigenvalue weighted by Crippen LogP contribution is 2.33. The van der Waals surface area contributed by atoms with Gasteiger partial charge in [-0.2, -0.15) is 0 Å². The third-order valence-corrected chi connectivity index (χ3v) is 19.2. The fourth-order valence-corrected chi connectivity index (χ4v) is 13.0. The van der Waals surface area contributed by atoms with Crippen molar-refractivity contribution in [2.75, 3.05) is 26.4 Å². The van der Waals surface area contributed by atoms with E-state index < -0.39 is 124 Å². The van der Waals surface area contributed by atoms with Crippen LogP contribution in [0.3, 0.4) is 0 Å². The molecule has 570 valence electrons. The molecular weight excluding hydrogens is 1250 g/mol. The van der Waals surface area contributed by atoms with E-state index in [0.717, 1.165) is 64.2 Å². The van der Waals surface area contributed by atoms with E-state index in [-0.39, 0.29) is 18.9 Å². The number of hydrogen-bond acceptors (Lipinski definition) is 18. The van der Waals surface area contributed by atoms with Gasteiger partial charge in [-0.05, 0) is 70.6 Å². The Kier molecular flexibility index (Phi) is 54.4. The molecule has 0 radical (unpaired) electrons. The summed E-state index contributed by atoms with van der Waals surface area (Å²) in [7, 11) is 0. The van der Waals surface area contributed by atoms with E-state index in [4.69, 9.17) is 28.4 Å². The molecular formula is C79H141NO18. The highest BCUT2D eigenvalue weighted by atomic mass is 16.8. The molecule has 1 amide bonds. The van der Waals surface area contributed by atoms with Gasteiger partial charge in [0.1, 0.15) is 73.2 Å². The Hall–Kier alpha value is -2.77. The lowest BCUT2D eigenvalue weighted by atomic mass is 9.96. The minimum absolute atomic E-state index is 0.236. The summed E-state index contributed by atoms with van der Waals surface area (Å²) in [6, 6.07) is -0.991. The summed E-state index contributed by atoms with van der Waals surface area (Å²) in [4.78, 5) is 13.5. The van der Waals surface area contributed by atoms with Crippen molar-refractivity contribution >= 4 is 5.91 Å². The lowest BCUT2D eigenvalue weighted by Gasteiger charge is -2.48. The molecule has 3 aliphatic rings. The van der Waals surface area contributed by atoms with Crippen LogP contribution in [0.4, 0.5) is 0 Å². The molecule has 3 rings (SSSR count). The molecule has 0 aromatic heterocycles. The minimum atomic E-state index is -1.98. The number of allylic oxidation sites excluding steroid dienone is 11. The van der Waals surface area contributed by atoms with Crippen LogP contribution in [-0.2, 0) is 33.2 Å². The first kappa shape index (κ1) is 89.4. The minimum Gasteiger partial charge on any atom is -0.394 e. The molecule has 3 saturated heterocycles. The molecule has 0 saturated carbocycles. The zero-order chi connectivity index (χ0) is 71.1. The standard InChI is InChI=1S/C79H141NO18/c1-3-5-7-9-11-13-15-17-19-21-23-24-25-26-27-28-29-30-31-32-33-34-35-36-37-38-39-41-43-45-47-49-51-53-55-57-67(85)80-62(63(84)56-54-52-50-48-46-44-42-40-22-20-18-16-14-12-10-8-6-4-2)61-93-77-73(91)70(88)75(65(59-82)95-77)98-79-74(92)71(89)76(66(60-83)96-79)97-78-72(90)69(87)68(86)64(58-81)94-78/h5,7,11,13,17,19,23-24,46,48,54,56,62-66,68-79,81-84,86-92H,3-4,6,8-10,12,14-16,18,20-22,25-45,47,49-53,55,57-61H2,1-2H3,(H,80,85)/b7-5-,13-11-,19-17-,24-23-,48-46+,56-54+. The number of unbranched alkanes of at least 4 members (excludes halogenated alkanes) is 35. The molecule has 19 heteroatoms. The van der Waals surface area contributed by atoms with Gasteiger partial charge in [-0.1, -0.05) is 286 Å². The lowest BCUT2D eigenvalue weighted by molar-refractivity contribution is -0.379. The van der Waals surface area contributed by atoms with E-state index in [1.54, 1.807) is 6.08 Å². The highest BCUT2D eigenvalue weighted by molar-refractivity contribution is 5.76. The predicted molar refractivity (Wildman–Crippen MR) is 388 cm³/mol. The molecule has 17 unspecified atom stereocenters. The maximum atomic E-state index is 13.5. The summed E-state index contributed by atoms with van der Waals surface area (Å²) >= 11 is 0. The Morgan fingerprint density at radius 1 is 0.378 bits per heavy atom. The van der Waals surface area contributed by atoms with Gasteiger partial charge in [0.2, 0.25) is 5.91 Å². The van der Waals surface area contributed by atoms with E-state index in [9.17, 15) is 61.0 Å². The summed E-state index contributed by atoms with van der Waals surface area (Å²) in [5.41, 5.74) is 0. The molecule has 12 N–H and O–H groups in total. The largest absolute Gasteiger partial charge is 0.394 e. The van der Waals surface area contributed by atoms with Crippen molar-refractivity contribution in [3.63, 3.8) is 0 Å². The Bertz CT molecular complexity index is 2050. The van der Waals surface area contributed by atoms with Gasteiger partial charge in [0.25, 0.3) is 0 Å². The van der Waals surface area contributed by atoms with Gasteiger partial charge in [-0.3, -0.25) is 4.79 Å². The zero-order valence-corrected chi connectivity index (χ0v) is 60.8. The molecule has 0 spiro atoms. The zero-order valence-electron chi connectivity index (χ0n) is 60.8. The number of aliphatic hydroxyl groups excluding tert-OH is 11. The molecule has 3 heterocycles. The molecule has 3 aliphatic heterocycles. The van der Waals surface area contributed by atoms with E-state index in [1.807, 2.05) is 6.08 Å². The van der Waals surface area contributed by atoms with E-state index in [2.05, 4.69) is 79.9 Å². The molecule has 19 nitrogen and oxygen atoms in total. The number of aliphatic hydroxyl groups is 11. The molecule has 0 aromatic rings. The van der Waals surface area contributed by atoms with Crippen LogP contribution in [0, 0.1) is 0 Å². The van der Waals surface area contributed by atoms with Crippen molar-refractivity contribution in [2.24, 2.45) is 0 Å². The first-order chi connectivity index (χ1) is 47.8. The Balaban J connectivity index is 1.35. The van der Waals surface area contributed by atoms with E-state index >= 15 is 0 Å². The molecule has 3 fully saturated rings. The Labute approximate surface area is 591 Å². The third kappa shape index (κ3) is 39.8. The van der Waals surface area contributed by atoms with Crippen molar-refractivity contribution in [2.45, 2.75) is 394 Å². The third-order valence-electron chi connectivity index (χ3n) is 19.2. The average Bonchev–Trinajstić information content (AvgIpc) is 0.785. The van der Waals surface area contributed by atoms with Crippen LogP contribution >= 0.6 is 0 Å². The number of carbonyl (C=O) groups excluding carboxylic acids is 1. The van der Waals surface area contributed by atoms with Crippen LogP contribution < -0.4 is 5.32 Å². The fraction of sp³-hybridized carbons (Fsp3) is 0.835. The molecule has 0 aromatic carbocycles. The van der Waals surface area contributed by atoms with Crippen LogP contribution in [-0.4, -0.2) is 193 Å². The second-order valence-electron chi connectivity index (χ2n) is 27.8. The smallest absolute Gasteiger partial charge is 0.220 e. The van der Waals surface area contributed by atoms with Gasteiger partial charge >= 0.3 is 0 Å². The van der Waals surface area contributed by atoms with Crippen LogP contribution in [0.25, 0.3) is 0 Å². The number of amides is 1. The number of nitrogens with one attached hydrogen (secondary N) is 1. The van der Waals surface area contributed by atoms with Crippen molar-refractivity contribution in [1.29, 1.82) is 0 Å². The summed E-state index contributed by atoms with van der Waals surface area (Å²) < 4.78 is 34.4. The van der Waals surface area contributed by atoms with Gasteiger partial charge in [0, 0.05) is 6.42 Å². The molecule has 17 atom stereocenters. The van der Waals surface area contributed by atoms with Crippen LogP contribution in [0.2, 0.25) is 0 Å². The normalized spacial score (nSPS) is 27.1. The van der Waals surface area contributed by atoms with Crippen LogP contribution in [0.15, 0.2) is 72.9 Å². The Morgan fingerprint density at radius 2 is 0.714 bits per heavy atom. The fourth-order valence-electron chi connectivity index (χ4n) is 13.0. The average molecular weight is 1390 g/mol. The quantitative estimate of drug-likeness (QED) is 0.0199. The monoisotopic (exact) mass is 1390 g/mol. The number of ether oxygens (including phenoxy) is 6. The lowest BCUT2D eigenvalue weighted by Crippen LogP contribution is -2.66. The second-order valence-corrected chi connectivity index (χ2v) is 27.8. The maximum absolute atomic E-state index is 13.5. The van der Waals surface area contributed by atoms with Crippen LogP contribution in [0.1, 0.15) is 290 Å². The van der Waals surface area contributed by atoms with Gasteiger partial charge in [0.15, 0.2) is 18.9 Å². The van der Waals surface area contributed by atoms with Crippen molar-refractivity contribution in [3.8, 4) is 0 Å². The first-order valence-corrected chi connectivity index (χ1v) is 39.2. The Morgan fingerprint density at radius 3 is 1.14 bits per heavy atom. The van der Waals surface area contributed by atoms with Crippen LogP contribution in [0.5, 0.6) is 0 Å². The molecule has 0 bridgehead atoms. The number of carbonyl (C=O) groups is 1. The topological polar surface area (TPSA) is 307 Å². The predicted octanol–water partition coefficient (Wildman–Crippen LogP) is 12.4. The molecule has 98 heavy (non-hydrogen) atoms. The SMILES string of the molecule is CC/C=C\C/C=C\C/C=C\C/C=C\CCCCCCCCCCCCCCCCCCCCCCCCC(=O)NC(COC1OC(CO)C(OC2OC(CO)C(OC3OC(CO)C(O)C(O)C3O)C(O)C2O)C(O)C1O)C(O)/C=C/CC/C=C/CCCCCCCCCCCCCC. The number of rotatable bonds is 61. The van der Waals surface area contributed by atoms with Gasteiger partial charge in [0.05, 0.1) is 38.6 Å². The summed E-state index contributed by atoms with van der Waals surface area (Å²) in [6.45, 7) is 1.63. The van der Waals surface area contributed by atoms with E-state index in [1.165, 1.54) is 193 Å². The summed E-state index contributed by atoms with van der Waals surface area (Å²) in [5, 5.41) is 121. The highest BCUT2D eigenvalue weighted by Gasteiger charge is 2.53. The van der Waals surface area contributed by atoms with Crippen molar-refractivity contribution in [3.05, 3.63) is 72.9 Å². The number of hydrogen-bond donors (Lipinski definition) is 12. The molecule has 0 aliphatic carbocycles. The summed E-state index contributed by atoms with van der Waals surface area (Å²) in [5.74, 6) is -0.282. The maximum Gasteiger partial charge on any atom is 0.220 e. The van der Waals surface area contributed by atoms with Gasteiger partial charge in [-0.15, -0.1) is 0 Å². The van der Waals surface area contributed by atoms with Crippen molar-refractivity contribution < 1.29 is 89.4 Å². The summed E-state index contributed by atoms with van der Waals surface area (Å²) in [6.07, 6.45) is 50.4. The first-order valence-electron chi connectivity index (χ1n) is 39.2. The second kappa shape index (κ2) is 59.6. The van der Waals surface area contributed by atoms with Gasteiger partial charge in [-0.25, -0.2) is 0 Å². The van der Waals surface area contributed by atoms with Crippen molar-refractivity contribution in [1.82, 2.24) is 5.32 Å². The van der Waals surface area contributed by atoms with Gasteiger partial charge < -0.3 is 89.9 Å². The van der Waals surface area contributed by atoms with E-state index in [0.29, 0.717) is 12.8 Å².